The van der Waals surface area contributed by atoms with Crippen LogP contribution in [-0.4, -0.2) is 20.3 Å². The highest BCUT2D eigenvalue weighted by Crippen LogP contribution is 2.78. The maximum absolute atomic E-state index is 12.3. The summed E-state index contributed by atoms with van der Waals surface area (Å²) in [5, 5.41) is -0.215. The van der Waals surface area contributed by atoms with Crippen LogP contribution in [0, 0.1) is 22.2 Å². The first-order valence-corrected chi connectivity index (χ1v) is 8.71. The van der Waals surface area contributed by atoms with Crippen molar-refractivity contribution < 1.29 is 12.6 Å². The van der Waals surface area contributed by atoms with E-state index in [-0.39, 0.29) is 21.5 Å². The van der Waals surface area contributed by atoms with Crippen molar-refractivity contribution in [2.75, 3.05) is 6.61 Å². The van der Waals surface area contributed by atoms with Crippen LogP contribution in [-0.2, 0) is 14.3 Å². The summed E-state index contributed by atoms with van der Waals surface area (Å²) < 4.78 is 30.0. The molecule has 1 heterocycles. The monoisotopic (exact) mass is 270 g/mol. The molecule has 2 bridgehead atoms. The molecule has 0 amide bonds. The summed E-state index contributed by atoms with van der Waals surface area (Å²) in [5.74, 6) is 0.610. The highest BCUT2D eigenvalue weighted by molar-refractivity contribution is 7.87. The third kappa shape index (κ3) is 0.953. The van der Waals surface area contributed by atoms with Gasteiger partial charge in [0.05, 0.1) is 11.9 Å². The Morgan fingerprint density at radius 2 is 1.94 bits per heavy atom. The molecule has 1 saturated heterocycles. The topological polar surface area (TPSA) is 43.4 Å². The molecule has 3 nitrogen and oxygen atoms in total. The van der Waals surface area contributed by atoms with Crippen molar-refractivity contribution in [3.05, 3.63) is 0 Å². The molecule has 4 aliphatic rings. The van der Waals surface area contributed by atoms with Crippen LogP contribution in [0.2, 0.25) is 0 Å². The first-order chi connectivity index (χ1) is 8.36. The maximum Gasteiger partial charge on any atom is 0.270 e. The fourth-order valence-electron chi connectivity index (χ4n) is 6.47. The van der Waals surface area contributed by atoms with Gasteiger partial charge in [-0.15, -0.1) is 0 Å². The number of hydrogen-bond acceptors (Lipinski definition) is 3. The summed E-state index contributed by atoms with van der Waals surface area (Å²) in [7, 11) is -3.32. The van der Waals surface area contributed by atoms with Crippen molar-refractivity contribution in [1.29, 1.82) is 0 Å². The second kappa shape index (κ2) is 2.98. The molecule has 4 heteroatoms. The van der Waals surface area contributed by atoms with Gasteiger partial charge in [-0.3, -0.25) is 4.18 Å². The molecule has 4 rings (SSSR count). The Morgan fingerprint density at radius 3 is 2.72 bits per heavy atom. The van der Waals surface area contributed by atoms with E-state index in [4.69, 9.17) is 4.18 Å². The average molecular weight is 270 g/mol. The molecule has 1 spiro atoms. The second-order valence-corrected chi connectivity index (χ2v) is 9.31. The van der Waals surface area contributed by atoms with Crippen molar-refractivity contribution in [2.45, 2.75) is 57.6 Å². The Hall–Kier alpha value is -0.0900. The summed E-state index contributed by atoms with van der Waals surface area (Å²) in [6.45, 7) is 5.09. The minimum Gasteiger partial charge on any atom is -0.269 e. The molecule has 0 unspecified atom stereocenters. The van der Waals surface area contributed by atoms with Gasteiger partial charge in [0, 0.05) is 5.41 Å². The lowest BCUT2D eigenvalue weighted by atomic mass is 9.48. The molecule has 0 aromatic rings. The zero-order valence-electron chi connectivity index (χ0n) is 11.2. The Morgan fingerprint density at radius 1 is 1.17 bits per heavy atom. The molecule has 5 atom stereocenters. The van der Waals surface area contributed by atoms with Crippen molar-refractivity contribution in [3.8, 4) is 0 Å². The van der Waals surface area contributed by atoms with Gasteiger partial charge in [0.15, 0.2) is 0 Å². The third-order valence-electron chi connectivity index (χ3n) is 7.25. The van der Waals surface area contributed by atoms with Crippen LogP contribution in [0.4, 0.5) is 0 Å². The smallest absolute Gasteiger partial charge is 0.269 e. The van der Waals surface area contributed by atoms with Gasteiger partial charge in [0.25, 0.3) is 10.1 Å². The summed E-state index contributed by atoms with van der Waals surface area (Å²) in [6, 6.07) is 0. The van der Waals surface area contributed by atoms with Crippen molar-refractivity contribution in [2.24, 2.45) is 22.2 Å². The Kier molecular flexibility index (Phi) is 1.94. The third-order valence-corrected chi connectivity index (χ3v) is 8.99. The molecule has 0 radical (unpaired) electrons. The van der Waals surface area contributed by atoms with Crippen LogP contribution < -0.4 is 0 Å². The van der Waals surface area contributed by atoms with Crippen LogP contribution in [0.5, 0.6) is 0 Å². The van der Waals surface area contributed by atoms with Gasteiger partial charge < -0.3 is 0 Å². The van der Waals surface area contributed by atoms with Crippen LogP contribution in [0.15, 0.2) is 0 Å². The molecular formula is C14H22O3S. The summed E-state index contributed by atoms with van der Waals surface area (Å²) in [4.78, 5) is 0. The molecule has 102 valence electrons. The van der Waals surface area contributed by atoms with Crippen molar-refractivity contribution in [1.82, 2.24) is 0 Å². The fourth-order valence-corrected chi connectivity index (χ4v) is 8.69. The summed E-state index contributed by atoms with van der Waals surface area (Å²) in [6.07, 6.45) is 6.80. The maximum atomic E-state index is 12.3. The van der Waals surface area contributed by atoms with E-state index >= 15 is 0 Å². The van der Waals surface area contributed by atoms with Gasteiger partial charge in [-0.2, -0.15) is 8.42 Å². The first kappa shape index (κ1) is 11.7. The van der Waals surface area contributed by atoms with Crippen LogP contribution in [0.3, 0.4) is 0 Å². The lowest BCUT2D eigenvalue weighted by Crippen LogP contribution is -2.62. The van der Waals surface area contributed by atoms with E-state index in [2.05, 4.69) is 13.8 Å². The SMILES string of the molecule is C[C@@]12CCC[C@]3(C)[C@@H]4CC[C@@]13[C@H](C4)S(=O)(=O)OC2. The van der Waals surface area contributed by atoms with Crippen LogP contribution in [0.25, 0.3) is 0 Å². The Balaban J connectivity index is 1.99. The van der Waals surface area contributed by atoms with E-state index < -0.39 is 10.1 Å². The molecule has 0 aromatic heterocycles. The minimum atomic E-state index is -3.32. The fraction of sp³-hybridized carbons (Fsp3) is 1.00. The zero-order valence-corrected chi connectivity index (χ0v) is 12.1. The van der Waals surface area contributed by atoms with Gasteiger partial charge in [-0.1, -0.05) is 20.3 Å². The highest BCUT2D eigenvalue weighted by atomic mass is 32.2. The average Bonchev–Trinajstić information content (AvgIpc) is 2.75. The van der Waals surface area contributed by atoms with Gasteiger partial charge in [-0.25, -0.2) is 0 Å². The molecule has 0 aromatic carbocycles. The Labute approximate surface area is 109 Å². The summed E-state index contributed by atoms with van der Waals surface area (Å²) >= 11 is 0. The van der Waals surface area contributed by atoms with Gasteiger partial charge >= 0.3 is 0 Å². The second-order valence-electron chi connectivity index (χ2n) is 7.52. The predicted octanol–water partition coefficient (Wildman–Crippen LogP) is 2.71. The quantitative estimate of drug-likeness (QED) is 0.636. The standard InChI is InChI=1S/C14H22O3S/c1-12-5-3-6-13(2)10-4-7-14(12,13)11(8-10)18(15,16)17-9-12/h10-11H,3-9H2,1-2H3/t10-,11+,12+,13-,14-/m1/s1. The molecule has 0 N–H and O–H groups in total. The summed E-state index contributed by atoms with van der Waals surface area (Å²) in [5.41, 5.74) is 0.350. The van der Waals surface area contributed by atoms with Crippen LogP contribution >= 0.6 is 0 Å². The number of hydrogen-bond donors (Lipinski definition) is 0. The lowest BCUT2D eigenvalue weighted by molar-refractivity contribution is -0.112. The molecule has 18 heavy (non-hydrogen) atoms. The number of rotatable bonds is 0. The van der Waals surface area contributed by atoms with E-state index in [1.807, 2.05) is 0 Å². The van der Waals surface area contributed by atoms with E-state index in [0.717, 1.165) is 19.3 Å². The Bertz CT molecular complexity index is 513. The predicted molar refractivity (Wildman–Crippen MR) is 68.5 cm³/mol. The lowest BCUT2D eigenvalue weighted by Gasteiger charge is -2.60. The van der Waals surface area contributed by atoms with Gasteiger partial charge in [0.2, 0.25) is 0 Å². The zero-order chi connectivity index (χ0) is 12.8. The van der Waals surface area contributed by atoms with Crippen molar-refractivity contribution in [3.63, 3.8) is 0 Å². The van der Waals surface area contributed by atoms with E-state index in [9.17, 15) is 8.42 Å². The van der Waals surface area contributed by atoms with Gasteiger partial charge in [-0.05, 0) is 48.9 Å². The molecular weight excluding hydrogens is 248 g/mol. The largest absolute Gasteiger partial charge is 0.270 e. The molecule has 4 fully saturated rings. The van der Waals surface area contributed by atoms with E-state index in [1.54, 1.807) is 0 Å². The molecule has 1 aliphatic heterocycles. The highest BCUT2D eigenvalue weighted by Gasteiger charge is 2.77. The van der Waals surface area contributed by atoms with E-state index in [0.29, 0.717) is 12.5 Å². The van der Waals surface area contributed by atoms with Gasteiger partial charge in [0.1, 0.15) is 0 Å². The first-order valence-electron chi connectivity index (χ1n) is 7.24. The normalized spacial score (nSPS) is 60.6. The van der Waals surface area contributed by atoms with E-state index in [1.165, 1.54) is 19.3 Å². The van der Waals surface area contributed by atoms with Crippen molar-refractivity contribution >= 4 is 10.1 Å². The molecule has 3 aliphatic carbocycles. The molecule has 3 saturated carbocycles. The minimum absolute atomic E-state index is 0.0139. The van der Waals surface area contributed by atoms with Crippen LogP contribution in [0.1, 0.15) is 52.4 Å².